The van der Waals surface area contributed by atoms with Crippen LogP contribution in [0.15, 0.2) is 52.7 Å². The van der Waals surface area contributed by atoms with Crippen molar-refractivity contribution in [1.82, 2.24) is 0 Å². The number of alkyl halides is 4. The number of hydrogen-bond acceptors (Lipinski definition) is 5. The second-order valence-electron chi connectivity index (χ2n) is 5.47. The van der Waals surface area contributed by atoms with E-state index in [1.165, 1.54) is 6.07 Å². The van der Waals surface area contributed by atoms with E-state index in [9.17, 15) is 23.1 Å². The largest absolute Gasteiger partial charge is 0.507 e. The highest BCUT2D eigenvalue weighted by Gasteiger charge is 2.40. The van der Waals surface area contributed by atoms with E-state index in [0.717, 1.165) is 30.3 Å². The van der Waals surface area contributed by atoms with E-state index >= 15 is 0 Å². The summed E-state index contributed by atoms with van der Waals surface area (Å²) in [6.45, 7) is 0.593. The molecule has 0 aliphatic rings. The first-order chi connectivity index (χ1) is 12.8. The van der Waals surface area contributed by atoms with Crippen LogP contribution in [0, 0.1) is 0 Å². The monoisotopic (exact) mass is 444 g/mol. The van der Waals surface area contributed by atoms with E-state index in [4.69, 9.17) is 4.74 Å². The third kappa shape index (κ3) is 6.35. The lowest BCUT2D eigenvalue weighted by molar-refractivity contribution is -0.0886. The maximum absolute atomic E-state index is 12.5. The average Bonchev–Trinajstić information content (AvgIpc) is 2.64. The minimum Gasteiger partial charge on any atom is -0.507 e. The number of phenols is 1. The first kappa shape index (κ1) is 20.9. The van der Waals surface area contributed by atoms with Gasteiger partial charge >= 0.3 is 6.18 Å². The molecule has 0 fully saturated rings. The fourth-order valence-corrected chi connectivity index (χ4v) is 2.43. The number of azo groups is 1. The summed E-state index contributed by atoms with van der Waals surface area (Å²) in [7, 11) is 0. The number of unbranched alkanes of at least 4 members (excludes halogenated alkanes) is 1. The number of rotatable bonds is 8. The van der Waals surface area contributed by atoms with Gasteiger partial charge in [0, 0.05) is 5.33 Å². The van der Waals surface area contributed by atoms with Gasteiger partial charge < -0.3 is 9.84 Å². The first-order valence-corrected chi connectivity index (χ1v) is 9.08. The molecule has 5 nitrogen and oxygen atoms in total. The van der Waals surface area contributed by atoms with Crippen molar-refractivity contribution in [2.45, 2.75) is 19.0 Å². The molecule has 0 spiro atoms. The Labute approximate surface area is 162 Å². The molecule has 0 saturated carbocycles. The van der Waals surface area contributed by atoms with Crippen LogP contribution in [0.3, 0.4) is 0 Å². The van der Waals surface area contributed by atoms with Gasteiger partial charge in [0.1, 0.15) is 11.5 Å². The molecule has 1 N–H and O–H groups in total. The Kier molecular flexibility index (Phi) is 7.35. The number of carbonyl (C=O) groups is 1. The van der Waals surface area contributed by atoms with Gasteiger partial charge in [-0.25, -0.2) is 0 Å². The highest BCUT2D eigenvalue weighted by atomic mass is 79.9. The molecule has 0 radical (unpaired) electrons. The van der Waals surface area contributed by atoms with Crippen molar-refractivity contribution in [3.63, 3.8) is 0 Å². The number of halogens is 4. The van der Waals surface area contributed by atoms with Gasteiger partial charge in [0.05, 0.1) is 23.5 Å². The highest BCUT2D eigenvalue weighted by molar-refractivity contribution is 9.09. The molecule has 0 heterocycles. The van der Waals surface area contributed by atoms with Crippen LogP contribution >= 0.6 is 15.9 Å². The van der Waals surface area contributed by atoms with E-state index in [2.05, 4.69) is 26.2 Å². The number of Topliss-reactive ketones (excluding diaryl/α,β-unsaturated/α-hetero) is 1. The Bertz CT molecular complexity index is 808. The number of benzene rings is 2. The summed E-state index contributed by atoms with van der Waals surface area (Å²) in [4.78, 5) is 11.3. The summed E-state index contributed by atoms with van der Waals surface area (Å²) in [5, 5.41) is 18.1. The Hall–Kier alpha value is -2.42. The second kappa shape index (κ2) is 9.50. The van der Waals surface area contributed by atoms with Crippen molar-refractivity contribution in [2.75, 3.05) is 11.9 Å². The minimum absolute atomic E-state index is 0.00972. The maximum Gasteiger partial charge on any atom is 0.455 e. The summed E-state index contributed by atoms with van der Waals surface area (Å²) >= 11 is 3.34. The molecule has 27 heavy (non-hydrogen) atoms. The third-order valence-electron chi connectivity index (χ3n) is 3.40. The van der Waals surface area contributed by atoms with Crippen LogP contribution in [0.25, 0.3) is 0 Å². The van der Waals surface area contributed by atoms with E-state index < -0.39 is 23.3 Å². The van der Waals surface area contributed by atoms with Gasteiger partial charge in [-0.3, -0.25) is 4.79 Å². The zero-order valence-corrected chi connectivity index (χ0v) is 15.6. The molecule has 0 aliphatic carbocycles. The Morgan fingerprint density at radius 2 is 1.67 bits per heavy atom. The number of ketones is 1. The lowest BCUT2D eigenvalue weighted by Gasteiger charge is -2.07. The first-order valence-electron chi connectivity index (χ1n) is 7.96. The van der Waals surface area contributed by atoms with Gasteiger partial charge in [0.25, 0.3) is 5.78 Å². The van der Waals surface area contributed by atoms with Crippen LogP contribution in [0.1, 0.15) is 23.2 Å². The van der Waals surface area contributed by atoms with Crippen molar-refractivity contribution < 1.29 is 27.8 Å². The standard InChI is InChI=1S/C18H16BrF3N2O3/c19-9-1-2-10-27-14-6-3-12(4-7-14)23-24-13-5-8-16(25)15(11-13)17(26)18(20,21)22/h3-8,11,25H,1-2,9-10H2. The SMILES string of the molecule is O=C(c1cc(N=Nc2ccc(OCCCCBr)cc2)ccc1O)C(F)(F)F. The third-order valence-corrected chi connectivity index (χ3v) is 3.96. The number of ether oxygens (including phenoxy) is 1. The van der Waals surface area contributed by atoms with Crippen LogP contribution in [-0.4, -0.2) is 29.0 Å². The van der Waals surface area contributed by atoms with Crippen LogP contribution in [0.4, 0.5) is 24.5 Å². The minimum atomic E-state index is -5.09. The fraction of sp³-hybridized carbons (Fsp3) is 0.278. The second-order valence-corrected chi connectivity index (χ2v) is 6.26. The van der Waals surface area contributed by atoms with E-state index in [-0.39, 0.29) is 5.69 Å². The van der Waals surface area contributed by atoms with Gasteiger partial charge in [-0.05, 0) is 55.3 Å². The maximum atomic E-state index is 12.5. The molecule has 0 atom stereocenters. The van der Waals surface area contributed by atoms with Crippen molar-refractivity contribution in [1.29, 1.82) is 0 Å². The zero-order valence-electron chi connectivity index (χ0n) is 14.0. The zero-order chi connectivity index (χ0) is 19.9. The quantitative estimate of drug-likeness (QED) is 0.231. The molecular weight excluding hydrogens is 429 g/mol. The molecule has 0 aliphatic heterocycles. The average molecular weight is 445 g/mol. The van der Waals surface area contributed by atoms with Gasteiger partial charge in [0.15, 0.2) is 0 Å². The number of hydrogen-bond donors (Lipinski definition) is 1. The Morgan fingerprint density at radius 3 is 2.30 bits per heavy atom. The van der Waals surface area contributed by atoms with Gasteiger partial charge in [-0.1, -0.05) is 15.9 Å². The summed E-state index contributed by atoms with van der Waals surface area (Å²) in [6.07, 6.45) is -3.15. The summed E-state index contributed by atoms with van der Waals surface area (Å²) in [5.41, 5.74) is -0.402. The van der Waals surface area contributed by atoms with Crippen molar-refractivity contribution >= 4 is 33.1 Å². The predicted octanol–water partition coefficient (Wildman–Crippen LogP) is 6.11. The smallest absolute Gasteiger partial charge is 0.455 e. The molecule has 0 saturated heterocycles. The number of aromatic hydroxyl groups is 1. The fourth-order valence-electron chi connectivity index (χ4n) is 2.03. The van der Waals surface area contributed by atoms with Crippen LogP contribution < -0.4 is 4.74 Å². The molecule has 2 aromatic rings. The van der Waals surface area contributed by atoms with E-state index in [1.54, 1.807) is 24.3 Å². The molecule has 2 aromatic carbocycles. The Morgan fingerprint density at radius 1 is 1.04 bits per heavy atom. The molecule has 9 heteroatoms. The number of nitrogens with zero attached hydrogens (tertiary/aromatic N) is 2. The van der Waals surface area contributed by atoms with Gasteiger partial charge in [0.2, 0.25) is 0 Å². The van der Waals surface area contributed by atoms with Crippen molar-refractivity contribution in [3.05, 3.63) is 48.0 Å². The topological polar surface area (TPSA) is 71.2 Å². The summed E-state index contributed by atoms with van der Waals surface area (Å²) < 4.78 is 43.2. The van der Waals surface area contributed by atoms with Gasteiger partial charge in [-0.15, -0.1) is 0 Å². The number of phenolic OH excluding ortho intramolecular Hbond substituents is 1. The lowest BCUT2D eigenvalue weighted by atomic mass is 10.1. The predicted molar refractivity (Wildman–Crippen MR) is 97.6 cm³/mol. The van der Waals surface area contributed by atoms with E-state index in [1.807, 2.05) is 0 Å². The van der Waals surface area contributed by atoms with Crippen LogP contribution in [0.2, 0.25) is 0 Å². The normalized spacial score (nSPS) is 11.7. The molecule has 0 unspecified atom stereocenters. The van der Waals surface area contributed by atoms with Crippen molar-refractivity contribution in [2.24, 2.45) is 10.2 Å². The molecular formula is C18H16BrF3N2O3. The molecule has 144 valence electrons. The van der Waals surface area contributed by atoms with Crippen molar-refractivity contribution in [3.8, 4) is 11.5 Å². The van der Waals surface area contributed by atoms with E-state index in [0.29, 0.717) is 18.0 Å². The molecule has 0 bridgehead atoms. The number of carbonyl (C=O) groups excluding carboxylic acids is 1. The van der Waals surface area contributed by atoms with Crippen LogP contribution in [-0.2, 0) is 0 Å². The Balaban J connectivity index is 2.06. The highest BCUT2D eigenvalue weighted by Crippen LogP contribution is 2.31. The van der Waals surface area contributed by atoms with Crippen LogP contribution in [0.5, 0.6) is 11.5 Å². The summed E-state index contributed by atoms with van der Waals surface area (Å²) in [6, 6.07) is 9.77. The lowest BCUT2D eigenvalue weighted by Crippen LogP contribution is -2.22. The molecule has 0 amide bonds. The molecule has 0 aromatic heterocycles. The summed E-state index contributed by atoms with van der Waals surface area (Å²) in [5.74, 6) is -2.23. The molecule has 2 rings (SSSR count). The van der Waals surface area contributed by atoms with Gasteiger partial charge in [-0.2, -0.15) is 23.4 Å².